The van der Waals surface area contributed by atoms with Crippen molar-refractivity contribution in [2.75, 3.05) is 5.32 Å². The molecule has 0 atom stereocenters. The Morgan fingerprint density at radius 2 is 1.81 bits per heavy atom. The molecule has 1 amide bonds. The van der Waals surface area contributed by atoms with E-state index in [1.54, 1.807) is 36.9 Å². The molecule has 8 nitrogen and oxygen atoms in total. The molecule has 1 N–H and O–H groups in total. The molecule has 4 aromatic rings. The molecule has 0 bridgehead atoms. The molecule has 0 radical (unpaired) electrons. The van der Waals surface area contributed by atoms with Crippen LogP contribution >= 0.6 is 0 Å². The summed E-state index contributed by atoms with van der Waals surface area (Å²) in [4.78, 5) is 32.0. The lowest BCUT2D eigenvalue weighted by Crippen LogP contribution is -2.18. The van der Waals surface area contributed by atoms with Crippen LogP contribution in [0.3, 0.4) is 0 Å². The van der Waals surface area contributed by atoms with Crippen LogP contribution in [-0.2, 0) is 17.5 Å². The number of alkyl halides is 3. The largest absolute Gasteiger partial charge is 0.433 e. The molecule has 0 saturated carbocycles. The fraction of sp³-hybridized carbons (Fsp3) is 0.100. The summed E-state index contributed by atoms with van der Waals surface area (Å²) in [6.45, 7) is -0.0855. The lowest BCUT2D eigenvalue weighted by molar-refractivity contribution is -0.141. The first-order valence-corrected chi connectivity index (χ1v) is 8.96. The Balaban J connectivity index is 1.40. The van der Waals surface area contributed by atoms with E-state index in [4.69, 9.17) is 0 Å². The topological polar surface area (TPSA) is 98.5 Å². The maximum Gasteiger partial charge on any atom is 0.433 e. The quantitative estimate of drug-likeness (QED) is 0.526. The number of aromatic nitrogens is 6. The van der Waals surface area contributed by atoms with Crippen LogP contribution in [0.5, 0.6) is 0 Å². The number of halogens is 3. The number of hydrogen-bond acceptors (Lipinski definition) is 6. The Hall–Kier alpha value is -4.15. The van der Waals surface area contributed by atoms with Crippen LogP contribution in [0, 0.1) is 0 Å². The maximum absolute atomic E-state index is 12.8. The minimum Gasteiger partial charge on any atom is -0.327 e. The molecule has 0 aliphatic heterocycles. The van der Waals surface area contributed by atoms with E-state index < -0.39 is 11.9 Å². The molecule has 0 aliphatic carbocycles. The molecular weight excluding hydrogens is 411 g/mol. The minimum absolute atomic E-state index is 0.0855. The first-order chi connectivity index (χ1) is 14.9. The summed E-state index contributed by atoms with van der Waals surface area (Å²) in [5, 5.41) is 2.65. The maximum atomic E-state index is 12.8. The van der Waals surface area contributed by atoms with Crippen LogP contribution in [-0.4, -0.2) is 35.4 Å². The van der Waals surface area contributed by atoms with Crippen molar-refractivity contribution in [3.63, 3.8) is 0 Å². The number of pyridine rings is 2. The van der Waals surface area contributed by atoms with Gasteiger partial charge in [0.15, 0.2) is 0 Å². The predicted octanol–water partition coefficient (Wildman–Crippen LogP) is 3.45. The Morgan fingerprint density at radius 1 is 0.935 bits per heavy atom. The zero-order valence-corrected chi connectivity index (χ0v) is 15.8. The van der Waals surface area contributed by atoms with Crippen molar-refractivity contribution in [3.8, 4) is 22.5 Å². The number of rotatable bonds is 5. The van der Waals surface area contributed by atoms with Gasteiger partial charge in [0.1, 0.15) is 18.1 Å². The van der Waals surface area contributed by atoms with Crippen LogP contribution in [0.25, 0.3) is 22.5 Å². The second-order valence-corrected chi connectivity index (χ2v) is 6.43. The summed E-state index contributed by atoms with van der Waals surface area (Å²) in [5.41, 5.74) is 0.952. The van der Waals surface area contributed by atoms with E-state index in [1.807, 2.05) is 0 Å². The van der Waals surface area contributed by atoms with E-state index in [9.17, 15) is 18.0 Å². The molecule has 0 unspecified atom stereocenters. The summed E-state index contributed by atoms with van der Waals surface area (Å²) in [5.74, 6) is -0.0173. The Labute approximate surface area is 173 Å². The standard InChI is InChI=1S/C20H14F3N7O/c21-20(22,23)17-7-13(3-4-26-17)16-10-30(12-28-16)11-19(31)29-18-2-1-14(8-27-18)15-9-24-5-6-25-15/h1-10,12H,11H2,(H,27,29,31). The molecule has 156 valence electrons. The monoisotopic (exact) mass is 425 g/mol. The predicted molar refractivity (Wildman–Crippen MR) is 104 cm³/mol. The average Bonchev–Trinajstić information content (AvgIpc) is 3.23. The van der Waals surface area contributed by atoms with Gasteiger partial charge in [-0.3, -0.25) is 19.7 Å². The molecule has 0 fully saturated rings. The van der Waals surface area contributed by atoms with Crippen molar-refractivity contribution in [3.05, 3.63) is 73.5 Å². The van der Waals surface area contributed by atoms with Crippen molar-refractivity contribution in [2.45, 2.75) is 12.7 Å². The molecule has 4 aromatic heterocycles. The van der Waals surface area contributed by atoms with Crippen molar-refractivity contribution >= 4 is 11.7 Å². The summed E-state index contributed by atoms with van der Waals surface area (Å²) in [6, 6.07) is 5.72. The van der Waals surface area contributed by atoms with Gasteiger partial charge in [0.05, 0.1) is 23.9 Å². The van der Waals surface area contributed by atoms with Crippen molar-refractivity contribution in [1.29, 1.82) is 0 Å². The Bertz CT molecular complexity index is 1190. The molecule has 4 heterocycles. The van der Waals surface area contributed by atoms with E-state index in [0.717, 1.165) is 17.8 Å². The van der Waals surface area contributed by atoms with E-state index in [0.29, 0.717) is 17.2 Å². The first kappa shape index (κ1) is 20.1. The highest BCUT2D eigenvalue weighted by molar-refractivity contribution is 5.89. The zero-order chi connectivity index (χ0) is 21.8. The van der Waals surface area contributed by atoms with E-state index in [2.05, 4.69) is 30.2 Å². The van der Waals surface area contributed by atoms with Crippen LogP contribution < -0.4 is 5.32 Å². The number of nitrogens with zero attached hydrogens (tertiary/aromatic N) is 6. The van der Waals surface area contributed by atoms with Gasteiger partial charge in [0.2, 0.25) is 5.91 Å². The molecule has 0 saturated heterocycles. The number of imidazole rings is 1. The fourth-order valence-corrected chi connectivity index (χ4v) is 2.76. The van der Waals surface area contributed by atoms with Gasteiger partial charge < -0.3 is 9.88 Å². The minimum atomic E-state index is -4.55. The van der Waals surface area contributed by atoms with Gasteiger partial charge in [-0.05, 0) is 24.3 Å². The summed E-state index contributed by atoms with van der Waals surface area (Å²) >= 11 is 0. The summed E-state index contributed by atoms with van der Waals surface area (Å²) < 4.78 is 40.0. The molecule has 11 heteroatoms. The third-order valence-electron chi connectivity index (χ3n) is 4.20. The highest BCUT2D eigenvalue weighted by Crippen LogP contribution is 2.30. The van der Waals surface area contributed by atoms with Crippen LogP contribution in [0.15, 0.2) is 67.8 Å². The molecule has 31 heavy (non-hydrogen) atoms. The number of nitrogens with one attached hydrogen (secondary N) is 1. The molecular formula is C20H14F3N7O. The molecule has 0 aliphatic rings. The molecule has 0 spiro atoms. The third kappa shape index (κ3) is 4.89. The number of carbonyl (C=O) groups is 1. The zero-order valence-electron chi connectivity index (χ0n) is 15.8. The Kier molecular flexibility index (Phi) is 5.39. The number of anilines is 1. The second-order valence-electron chi connectivity index (χ2n) is 6.43. The number of amides is 1. The molecule has 4 rings (SSSR count). The van der Waals surface area contributed by atoms with Crippen LogP contribution in [0.2, 0.25) is 0 Å². The average molecular weight is 425 g/mol. The van der Waals surface area contributed by atoms with E-state index >= 15 is 0 Å². The van der Waals surface area contributed by atoms with Gasteiger partial charge in [0, 0.05) is 42.1 Å². The van der Waals surface area contributed by atoms with Gasteiger partial charge in [0.25, 0.3) is 0 Å². The van der Waals surface area contributed by atoms with Gasteiger partial charge >= 0.3 is 6.18 Å². The van der Waals surface area contributed by atoms with Crippen molar-refractivity contribution < 1.29 is 18.0 Å². The molecule has 0 aromatic carbocycles. The number of hydrogen-bond donors (Lipinski definition) is 1. The Morgan fingerprint density at radius 3 is 2.52 bits per heavy atom. The van der Waals surface area contributed by atoms with Gasteiger partial charge in [-0.2, -0.15) is 13.2 Å². The highest BCUT2D eigenvalue weighted by Gasteiger charge is 2.32. The van der Waals surface area contributed by atoms with Crippen LogP contribution in [0.4, 0.5) is 19.0 Å². The SMILES string of the molecule is O=C(Cn1cnc(-c2ccnc(C(F)(F)F)c2)c1)Nc1ccc(-c2cnccn2)cn1. The first-order valence-electron chi connectivity index (χ1n) is 8.96. The third-order valence-corrected chi connectivity index (χ3v) is 4.20. The summed E-state index contributed by atoms with van der Waals surface area (Å²) in [7, 11) is 0. The second kappa shape index (κ2) is 8.30. The van der Waals surface area contributed by atoms with Crippen LogP contribution in [0.1, 0.15) is 5.69 Å². The van der Waals surface area contributed by atoms with Gasteiger partial charge in [-0.1, -0.05) is 0 Å². The van der Waals surface area contributed by atoms with E-state index in [-0.39, 0.29) is 18.0 Å². The van der Waals surface area contributed by atoms with Crippen molar-refractivity contribution in [2.24, 2.45) is 0 Å². The lowest BCUT2D eigenvalue weighted by atomic mass is 10.2. The van der Waals surface area contributed by atoms with Gasteiger partial charge in [-0.25, -0.2) is 9.97 Å². The number of carbonyl (C=O) groups excluding carboxylic acids is 1. The van der Waals surface area contributed by atoms with Crippen molar-refractivity contribution in [1.82, 2.24) is 29.5 Å². The fourth-order valence-electron chi connectivity index (χ4n) is 2.76. The summed E-state index contributed by atoms with van der Waals surface area (Å²) in [6.07, 6.45) is 5.68. The normalized spacial score (nSPS) is 11.3. The smallest absolute Gasteiger partial charge is 0.327 e. The lowest BCUT2D eigenvalue weighted by Gasteiger charge is -2.06. The van der Waals surface area contributed by atoms with E-state index in [1.165, 1.54) is 23.2 Å². The highest BCUT2D eigenvalue weighted by atomic mass is 19.4. The van der Waals surface area contributed by atoms with Gasteiger partial charge in [-0.15, -0.1) is 0 Å².